The highest BCUT2D eigenvalue weighted by Gasteiger charge is 2.49. The molecule has 5 rings (SSSR count). The molecular weight excluding hydrogens is 464 g/mol. The standard InChI is InChI=1S/C27H25ClN4O3/c1-17-6-4-7-22(18(17)2)32-25(33)23-14-21(24-8-5-13-35-24)30-31(23)16-27(32,3)26(34)29-15-19-9-11-20(28)12-10-19/h4-14H,15-16H2,1-3H3,(H,29,34). The molecule has 1 unspecified atom stereocenters. The number of fused-ring (bicyclic) bond motifs is 1. The summed E-state index contributed by atoms with van der Waals surface area (Å²) in [5.41, 5.74) is 3.32. The number of amides is 2. The van der Waals surface area contributed by atoms with Crippen LogP contribution < -0.4 is 10.2 Å². The van der Waals surface area contributed by atoms with E-state index in [2.05, 4.69) is 10.4 Å². The number of furan rings is 1. The maximum absolute atomic E-state index is 13.9. The second kappa shape index (κ2) is 8.74. The van der Waals surface area contributed by atoms with Crippen LogP contribution in [0, 0.1) is 13.8 Å². The van der Waals surface area contributed by atoms with Gasteiger partial charge in [0, 0.05) is 23.3 Å². The smallest absolute Gasteiger partial charge is 0.277 e. The SMILES string of the molecule is Cc1cccc(N2C(=O)c3cc(-c4ccco4)nn3CC2(C)C(=O)NCc2ccc(Cl)cc2)c1C. The van der Waals surface area contributed by atoms with Crippen molar-refractivity contribution < 1.29 is 14.0 Å². The van der Waals surface area contributed by atoms with Gasteiger partial charge >= 0.3 is 0 Å². The van der Waals surface area contributed by atoms with Gasteiger partial charge in [-0.2, -0.15) is 5.10 Å². The number of hydrogen-bond donors (Lipinski definition) is 1. The van der Waals surface area contributed by atoms with Gasteiger partial charge in [-0.25, -0.2) is 0 Å². The zero-order valence-electron chi connectivity index (χ0n) is 19.7. The number of hydrogen-bond acceptors (Lipinski definition) is 4. The largest absolute Gasteiger partial charge is 0.463 e. The molecular formula is C27H25ClN4O3. The Balaban J connectivity index is 1.56. The minimum atomic E-state index is -1.22. The summed E-state index contributed by atoms with van der Waals surface area (Å²) in [4.78, 5) is 29.3. The van der Waals surface area contributed by atoms with Crippen molar-refractivity contribution in [2.45, 2.75) is 39.4 Å². The summed E-state index contributed by atoms with van der Waals surface area (Å²) < 4.78 is 7.09. The quantitative estimate of drug-likeness (QED) is 0.421. The lowest BCUT2D eigenvalue weighted by Crippen LogP contribution is -2.64. The van der Waals surface area contributed by atoms with Crippen molar-refractivity contribution in [1.82, 2.24) is 15.1 Å². The van der Waals surface area contributed by atoms with Crippen LogP contribution >= 0.6 is 11.6 Å². The molecule has 2 aromatic heterocycles. The Morgan fingerprint density at radius 1 is 1.14 bits per heavy atom. The normalized spacial score (nSPS) is 17.4. The Morgan fingerprint density at radius 2 is 1.91 bits per heavy atom. The lowest BCUT2D eigenvalue weighted by atomic mass is 9.92. The highest BCUT2D eigenvalue weighted by atomic mass is 35.5. The van der Waals surface area contributed by atoms with E-state index < -0.39 is 5.54 Å². The number of nitrogens with one attached hydrogen (secondary N) is 1. The first-order valence-corrected chi connectivity index (χ1v) is 11.7. The third-order valence-electron chi connectivity index (χ3n) is 6.60. The lowest BCUT2D eigenvalue weighted by molar-refractivity contribution is -0.126. The number of rotatable bonds is 5. The molecule has 0 spiro atoms. The van der Waals surface area contributed by atoms with Crippen molar-refractivity contribution >= 4 is 29.1 Å². The second-order valence-electron chi connectivity index (χ2n) is 8.99. The molecule has 0 fully saturated rings. The first kappa shape index (κ1) is 22.9. The second-order valence-corrected chi connectivity index (χ2v) is 9.43. The molecule has 1 N–H and O–H groups in total. The van der Waals surface area contributed by atoms with E-state index in [1.165, 1.54) is 0 Å². The average molecular weight is 489 g/mol. The molecule has 2 aromatic carbocycles. The zero-order valence-corrected chi connectivity index (χ0v) is 20.5. The van der Waals surface area contributed by atoms with Crippen molar-refractivity contribution in [3.63, 3.8) is 0 Å². The molecule has 8 heteroatoms. The van der Waals surface area contributed by atoms with Gasteiger partial charge in [0.1, 0.15) is 16.9 Å². The number of halogens is 1. The fourth-order valence-corrected chi connectivity index (χ4v) is 4.58. The predicted molar refractivity (Wildman–Crippen MR) is 134 cm³/mol. The van der Waals surface area contributed by atoms with Crippen LogP contribution in [0.4, 0.5) is 5.69 Å². The summed E-state index contributed by atoms with van der Waals surface area (Å²) in [6.07, 6.45) is 1.56. The molecule has 2 amide bonds. The predicted octanol–water partition coefficient (Wildman–Crippen LogP) is 5.15. The Hall–Kier alpha value is -3.84. The van der Waals surface area contributed by atoms with Gasteiger partial charge in [0.15, 0.2) is 5.76 Å². The highest BCUT2D eigenvalue weighted by molar-refractivity contribution is 6.30. The molecule has 0 saturated heterocycles. The van der Waals surface area contributed by atoms with Gasteiger partial charge < -0.3 is 9.73 Å². The summed E-state index contributed by atoms with van der Waals surface area (Å²) in [6, 6.07) is 18.3. The monoisotopic (exact) mass is 488 g/mol. The summed E-state index contributed by atoms with van der Waals surface area (Å²) in [5.74, 6) is -0.00585. The molecule has 0 aliphatic carbocycles. The summed E-state index contributed by atoms with van der Waals surface area (Å²) in [5, 5.41) is 8.24. The highest BCUT2D eigenvalue weighted by Crippen LogP contribution is 2.36. The third-order valence-corrected chi connectivity index (χ3v) is 6.85. The number of anilines is 1. The van der Waals surface area contributed by atoms with E-state index >= 15 is 0 Å². The molecule has 0 radical (unpaired) electrons. The van der Waals surface area contributed by atoms with Gasteiger partial charge in [0.05, 0.1) is 12.8 Å². The minimum absolute atomic E-state index is 0.189. The summed E-state index contributed by atoms with van der Waals surface area (Å²) >= 11 is 5.99. The Labute approximate surface area is 208 Å². The van der Waals surface area contributed by atoms with E-state index in [-0.39, 0.29) is 18.4 Å². The number of nitrogens with zero attached hydrogens (tertiary/aromatic N) is 3. The summed E-state index contributed by atoms with van der Waals surface area (Å²) in [7, 11) is 0. The molecule has 178 valence electrons. The fourth-order valence-electron chi connectivity index (χ4n) is 4.46. The summed E-state index contributed by atoms with van der Waals surface area (Å²) in [6.45, 7) is 6.23. The van der Waals surface area contributed by atoms with E-state index in [4.69, 9.17) is 16.0 Å². The molecule has 35 heavy (non-hydrogen) atoms. The fraction of sp³-hybridized carbons (Fsp3) is 0.222. The van der Waals surface area contributed by atoms with Crippen molar-refractivity contribution in [1.29, 1.82) is 0 Å². The number of aromatic nitrogens is 2. The third kappa shape index (κ3) is 4.02. The molecule has 7 nitrogen and oxygen atoms in total. The van der Waals surface area contributed by atoms with Crippen molar-refractivity contribution in [2.75, 3.05) is 4.90 Å². The van der Waals surface area contributed by atoms with Crippen LogP contribution in [0.25, 0.3) is 11.5 Å². The maximum Gasteiger partial charge on any atom is 0.277 e. The van der Waals surface area contributed by atoms with Crippen molar-refractivity contribution in [2.24, 2.45) is 0 Å². The zero-order chi connectivity index (χ0) is 24.7. The molecule has 3 heterocycles. The van der Waals surface area contributed by atoms with Crippen LogP contribution in [0.5, 0.6) is 0 Å². The van der Waals surface area contributed by atoms with Crippen LogP contribution in [0.1, 0.15) is 34.1 Å². The molecule has 1 atom stereocenters. The number of carbonyl (C=O) groups is 2. The Bertz CT molecular complexity index is 1410. The molecule has 1 aliphatic rings. The number of carbonyl (C=O) groups excluding carboxylic acids is 2. The van der Waals surface area contributed by atoms with Crippen LogP contribution in [0.15, 0.2) is 71.3 Å². The van der Waals surface area contributed by atoms with Gasteiger partial charge in [0.25, 0.3) is 5.91 Å². The maximum atomic E-state index is 13.9. The van der Waals surface area contributed by atoms with E-state index in [1.54, 1.807) is 53.1 Å². The Kier molecular flexibility index (Phi) is 5.73. The average Bonchev–Trinajstić information content (AvgIpc) is 3.51. The van der Waals surface area contributed by atoms with Gasteiger partial charge in [-0.05, 0) is 67.8 Å². The van der Waals surface area contributed by atoms with Crippen LogP contribution in [-0.4, -0.2) is 27.1 Å². The van der Waals surface area contributed by atoms with Crippen LogP contribution in [-0.2, 0) is 17.9 Å². The minimum Gasteiger partial charge on any atom is -0.463 e. The lowest BCUT2D eigenvalue weighted by Gasteiger charge is -2.43. The topological polar surface area (TPSA) is 80.4 Å². The van der Waals surface area contributed by atoms with Gasteiger partial charge in [0.2, 0.25) is 5.91 Å². The van der Waals surface area contributed by atoms with E-state index in [0.717, 1.165) is 16.7 Å². The van der Waals surface area contributed by atoms with E-state index in [1.807, 2.05) is 44.2 Å². The molecule has 0 bridgehead atoms. The molecule has 0 saturated carbocycles. The first-order chi connectivity index (χ1) is 16.8. The van der Waals surface area contributed by atoms with Crippen LogP contribution in [0.3, 0.4) is 0 Å². The van der Waals surface area contributed by atoms with Gasteiger partial charge in [-0.1, -0.05) is 35.9 Å². The number of aryl methyl sites for hydroxylation is 1. The first-order valence-electron chi connectivity index (χ1n) is 11.3. The molecule has 4 aromatic rings. The van der Waals surface area contributed by atoms with Crippen molar-refractivity contribution in [3.05, 3.63) is 94.3 Å². The van der Waals surface area contributed by atoms with Crippen LogP contribution in [0.2, 0.25) is 5.02 Å². The molecule has 1 aliphatic heterocycles. The van der Waals surface area contributed by atoms with E-state index in [0.29, 0.717) is 34.4 Å². The van der Waals surface area contributed by atoms with Gasteiger partial charge in [-0.15, -0.1) is 0 Å². The Morgan fingerprint density at radius 3 is 2.63 bits per heavy atom. The van der Waals surface area contributed by atoms with E-state index in [9.17, 15) is 9.59 Å². The number of benzene rings is 2. The van der Waals surface area contributed by atoms with Gasteiger partial charge in [-0.3, -0.25) is 19.2 Å². The van der Waals surface area contributed by atoms with Crippen molar-refractivity contribution in [3.8, 4) is 11.5 Å².